The van der Waals surface area contributed by atoms with Gasteiger partial charge in [0.25, 0.3) is 11.8 Å². The topological polar surface area (TPSA) is 93.8 Å². The molecule has 134 valence electrons. The van der Waals surface area contributed by atoms with Crippen molar-refractivity contribution in [2.45, 2.75) is 40.0 Å². The molecule has 0 heterocycles. The minimum Gasteiger partial charge on any atom is -0.483 e. The Labute approximate surface area is 147 Å². The molecule has 0 aromatic heterocycles. The summed E-state index contributed by atoms with van der Waals surface area (Å²) in [6, 6.07) is 6.58. The SMILES string of the molecule is CC1(C)[C@H]2CC[C@]1(C)C(=NNC(=O)COc1ccccc1C(N)=O)C2. The molecule has 6 nitrogen and oxygen atoms in total. The fourth-order valence-corrected chi connectivity index (χ4v) is 4.20. The Balaban J connectivity index is 1.61. The van der Waals surface area contributed by atoms with Crippen LogP contribution in [0.4, 0.5) is 0 Å². The Morgan fingerprint density at radius 3 is 2.64 bits per heavy atom. The second-order valence-electron chi connectivity index (χ2n) is 7.74. The lowest BCUT2D eigenvalue weighted by Gasteiger charge is -2.34. The molecule has 0 radical (unpaired) electrons. The normalized spacial score (nSPS) is 28.1. The summed E-state index contributed by atoms with van der Waals surface area (Å²) >= 11 is 0. The van der Waals surface area contributed by atoms with Crippen molar-refractivity contribution in [1.82, 2.24) is 5.43 Å². The monoisotopic (exact) mass is 343 g/mol. The van der Waals surface area contributed by atoms with E-state index in [4.69, 9.17) is 10.5 Å². The first kappa shape index (κ1) is 17.5. The molecular formula is C19H25N3O3. The van der Waals surface area contributed by atoms with E-state index < -0.39 is 5.91 Å². The zero-order valence-corrected chi connectivity index (χ0v) is 15.0. The highest BCUT2D eigenvalue weighted by Gasteiger charge is 2.59. The first-order chi connectivity index (χ1) is 11.8. The number of hydrogen-bond donors (Lipinski definition) is 2. The molecule has 6 heteroatoms. The van der Waals surface area contributed by atoms with Crippen molar-refractivity contribution in [2.75, 3.05) is 6.61 Å². The van der Waals surface area contributed by atoms with Crippen LogP contribution in [0.1, 0.15) is 50.4 Å². The lowest BCUT2D eigenvalue weighted by molar-refractivity contribution is -0.123. The molecule has 1 aromatic carbocycles. The van der Waals surface area contributed by atoms with Crippen LogP contribution in [0, 0.1) is 16.7 Å². The molecule has 2 bridgehead atoms. The van der Waals surface area contributed by atoms with Gasteiger partial charge in [-0.05, 0) is 42.7 Å². The zero-order valence-electron chi connectivity index (χ0n) is 15.0. The Bertz CT molecular complexity index is 741. The van der Waals surface area contributed by atoms with Gasteiger partial charge in [-0.1, -0.05) is 32.9 Å². The largest absolute Gasteiger partial charge is 0.483 e. The first-order valence-electron chi connectivity index (χ1n) is 8.63. The number of rotatable bonds is 5. The van der Waals surface area contributed by atoms with Crippen molar-refractivity contribution < 1.29 is 14.3 Å². The van der Waals surface area contributed by atoms with E-state index in [0.29, 0.717) is 11.7 Å². The number of hydrogen-bond acceptors (Lipinski definition) is 4. The molecule has 2 amide bonds. The standard InChI is InChI=1S/C19H25N3O3/c1-18(2)12-8-9-19(18,3)15(10-12)21-22-16(23)11-25-14-7-5-4-6-13(14)17(20)24/h4-7,12H,8-11H2,1-3H3,(H2,20,24)(H,22,23)/t12-,19+/m0/s1. The average Bonchev–Trinajstić information content (AvgIpc) is 2.91. The average molecular weight is 343 g/mol. The number of carbonyl (C=O) groups excluding carboxylic acids is 2. The fourth-order valence-electron chi connectivity index (χ4n) is 4.20. The number of nitrogens with one attached hydrogen (secondary N) is 1. The van der Waals surface area contributed by atoms with Gasteiger partial charge in [0, 0.05) is 11.1 Å². The minimum absolute atomic E-state index is 0.0460. The Morgan fingerprint density at radius 2 is 2.04 bits per heavy atom. The molecule has 3 rings (SSSR count). The van der Waals surface area contributed by atoms with Gasteiger partial charge in [0.1, 0.15) is 5.75 Å². The van der Waals surface area contributed by atoms with Gasteiger partial charge in [0.15, 0.2) is 6.61 Å². The minimum atomic E-state index is -0.589. The van der Waals surface area contributed by atoms with Crippen molar-refractivity contribution in [3.63, 3.8) is 0 Å². The van der Waals surface area contributed by atoms with E-state index in [-0.39, 0.29) is 28.9 Å². The highest BCUT2D eigenvalue weighted by molar-refractivity contribution is 5.96. The Hall–Kier alpha value is -2.37. The lowest BCUT2D eigenvalue weighted by atomic mass is 9.70. The van der Waals surface area contributed by atoms with Crippen LogP contribution in [-0.4, -0.2) is 24.1 Å². The quantitative estimate of drug-likeness (QED) is 0.804. The van der Waals surface area contributed by atoms with E-state index >= 15 is 0 Å². The van der Waals surface area contributed by atoms with E-state index in [1.54, 1.807) is 24.3 Å². The van der Waals surface area contributed by atoms with Gasteiger partial charge in [0.2, 0.25) is 0 Å². The summed E-state index contributed by atoms with van der Waals surface area (Å²) in [5.74, 6) is -0.0120. The number of nitrogens with zero attached hydrogens (tertiary/aromatic N) is 1. The van der Waals surface area contributed by atoms with E-state index in [2.05, 4.69) is 31.3 Å². The molecule has 2 aliphatic rings. The van der Waals surface area contributed by atoms with Crippen molar-refractivity contribution in [1.29, 1.82) is 0 Å². The number of ether oxygens (including phenoxy) is 1. The van der Waals surface area contributed by atoms with Crippen LogP contribution in [0.25, 0.3) is 0 Å². The fraction of sp³-hybridized carbons (Fsp3) is 0.526. The van der Waals surface area contributed by atoms with E-state index in [0.717, 1.165) is 18.6 Å². The van der Waals surface area contributed by atoms with Gasteiger partial charge >= 0.3 is 0 Å². The Kier molecular flexibility index (Phi) is 4.31. The third-order valence-electron chi connectivity index (χ3n) is 6.34. The van der Waals surface area contributed by atoms with Crippen molar-refractivity contribution in [3.05, 3.63) is 29.8 Å². The smallest absolute Gasteiger partial charge is 0.277 e. The summed E-state index contributed by atoms with van der Waals surface area (Å²) < 4.78 is 5.42. The van der Waals surface area contributed by atoms with Gasteiger partial charge in [0.05, 0.1) is 5.56 Å². The van der Waals surface area contributed by atoms with Crippen LogP contribution in [0.2, 0.25) is 0 Å². The van der Waals surface area contributed by atoms with Crippen molar-refractivity contribution in [2.24, 2.45) is 27.6 Å². The van der Waals surface area contributed by atoms with Gasteiger partial charge in [-0.2, -0.15) is 5.10 Å². The molecule has 1 aromatic rings. The predicted octanol–water partition coefficient (Wildman–Crippen LogP) is 2.48. The van der Waals surface area contributed by atoms with Crippen LogP contribution in [0.3, 0.4) is 0 Å². The maximum absolute atomic E-state index is 12.1. The molecule has 2 aliphatic carbocycles. The van der Waals surface area contributed by atoms with E-state index in [1.807, 2.05) is 0 Å². The molecule has 2 atom stereocenters. The number of amides is 2. The zero-order chi connectivity index (χ0) is 18.2. The van der Waals surface area contributed by atoms with E-state index in [9.17, 15) is 9.59 Å². The van der Waals surface area contributed by atoms with Gasteiger partial charge in [-0.15, -0.1) is 0 Å². The van der Waals surface area contributed by atoms with Gasteiger partial charge < -0.3 is 10.5 Å². The van der Waals surface area contributed by atoms with Gasteiger partial charge in [-0.3, -0.25) is 9.59 Å². The number of primary amides is 1. The number of benzene rings is 1. The maximum atomic E-state index is 12.1. The molecule has 0 saturated heterocycles. The second-order valence-corrected chi connectivity index (χ2v) is 7.74. The molecule has 2 saturated carbocycles. The van der Waals surface area contributed by atoms with Crippen molar-refractivity contribution in [3.8, 4) is 5.75 Å². The van der Waals surface area contributed by atoms with E-state index in [1.165, 1.54) is 6.42 Å². The Morgan fingerprint density at radius 1 is 1.32 bits per heavy atom. The predicted molar refractivity (Wildman–Crippen MR) is 95.3 cm³/mol. The maximum Gasteiger partial charge on any atom is 0.277 e. The highest BCUT2D eigenvalue weighted by atomic mass is 16.5. The summed E-state index contributed by atoms with van der Waals surface area (Å²) in [7, 11) is 0. The molecule has 2 fully saturated rings. The van der Waals surface area contributed by atoms with Crippen LogP contribution in [0.15, 0.2) is 29.4 Å². The number of hydrazone groups is 1. The lowest BCUT2D eigenvalue weighted by Crippen LogP contribution is -2.35. The molecule has 0 unspecified atom stereocenters. The molecular weight excluding hydrogens is 318 g/mol. The summed E-state index contributed by atoms with van der Waals surface area (Å²) in [6.45, 7) is 6.60. The number of para-hydroxylation sites is 1. The summed E-state index contributed by atoms with van der Waals surface area (Å²) in [4.78, 5) is 23.4. The summed E-state index contributed by atoms with van der Waals surface area (Å²) in [5.41, 5.74) is 9.48. The summed E-state index contributed by atoms with van der Waals surface area (Å²) in [6.07, 6.45) is 3.28. The highest BCUT2D eigenvalue weighted by Crippen LogP contribution is 2.63. The van der Waals surface area contributed by atoms with Crippen LogP contribution in [-0.2, 0) is 4.79 Å². The molecule has 0 spiro atoms. The first-order valence-corrected chi connectivity index (χ1v) is 8.63. The van der Waals surface area contributed by atoms with Crippen LogP contribution in [0.5, 0.6) is 5.75 Å². The van der Waals surface area contributed by atoms with Crippen molar-refractivity contribution >= 4 is 17.5 Å². The second kappa shape index (κ2) is 6.17. The van der Waals surface area contributed by atoms with Crippen LogP contribution < -0.4 is 15.9 Å². The third-order valence-corrected chi connectivity index (χ3v) is 6.34. The number of fused-ring (bicyclic) bond motifs is 2. The summed E-state index contributed by atoms with van der Waals surface area (Å²) in [5, 5.41) is 4.39. The molecule has 3 N–H and O–H groups in total. The van der Waals surface area contributed by atoms with Crippen LogP contribution >= 0.6 is 0 Å². The van der Waals surface area contributed by atoms with Gasteiger partial charge in [-0.25, -0.2) is 5.43 Å². The molecule has 25 heavy (non-hydrogen) atoms. The number of carbonyl (C=O) groups is 2. The molecule has 0 aliphatic heterocycles. The number of nitrogens with two attached hydrogens (primary N) is 1. The third kappa shape index (κ3) is 2.90.